The first-order valence-corrected chi connectivity index (χ1v) is 22.4. The summed E-state index contributed by atoms with van der Waals surface area (Å²) in [6.07, 6.45) is 0.733. The van der Waals surface area contributed by atoms with Crippen LogP contribution >= 0.6 is 0 Å². The third-order valence-corrected chi connectivity index (χ3v) is 13.9. The fraction of sp³-hybridized carbons (Fsp3) is 0.0328. The molecular weight excluding hydrogens is 791 g/mol. The molecule has 1 N–H and O–H groups in total. The number of benzene rings is 10. The molecule has 65 heavy (non-hydrogen) atoms. The molecule has 304 valence electrons. The smallest absolute Gasteiger partial charge is 0.136 e. The van der Waals surface area contributed by atoms with Crippen LogP contribution in [0.2, 0.25) is 0 Å². The Morgan fingerprint density at radius 2 is 1.14 bits per heavy atom. The summed E-state index contributed by atoms with van der Waals surface area (Å²) in [5.74, 6) is 0.867. The molecule has 4 heterocycles. The van der Waals surface area contributed by atoms with Gasteiger partial charge in [0.25, 0.3) is 0 Å². The minimum absolute atomic E-state index is 0.170. The van der Waals surface area contributed by atoms with Crippen LogP contribution in [0.1, 0.15) is 28.3 Å². The highest BCUT2D eigenvalue weighted by Crippen LogP contribution is 2.47. The lowest BCUT2D eigenvalue weighted by molar-refractivity contribution is 0.669. The number of nitrogens with zero attached hydrogens (tertiary/aromatic N) is 2. The molecule has 2 bridgehead atoms. The van der Waals surface area contributed by atoms with Crippen molar-refractivity contribution >= 4 is 76.8 Å². The predicted molar refractivity (Wildman–Crippen MR) is 270 cm³/mol. The van der Waals surface area contributed by atoms with Crippen LogP contribution < -0.4 is 5.32 Å². The summed E-state index contributed by atoms with van der Waals surface area (Å²) >= 11 is 0. The van der Waals surface area contributed by atoms with Gasteiger partial charge >= 0.3 is 0 Å². The predicted octanol–water partition coefficient (Wildman–Crippen LogP) is 15.4. The van der Waals surface area contributed by atoms with E-state index in [0.717, 1.165) is 62.3 Å². The molecule has 0 amide bonds. The zero-order valence-corrected chi connectivity index (χ0v) is 35.3. The maximum atomic E-state index is 6.43. The first kappa shape index (κ1) is 36.1. The number of para-hydroxylation sites is 2. The lowest BCUT2D eigenvalue weighted by Gasteiger charge is -2.32. The molecule has 0 fully saturated rings. The van der Waals surface area contributed by atoms with Crippen LogP contribution in [0.3, 0.4) is 0 Å². The second-order valence-electron chi connectivity index (χ2n) is 17.5. The van der Waals surface area contributed by atoms with Crippen molar-refractivity contribution < 1.29 is 4.42 Å². The van der Waals surface area contributed by atoms with Gasteiger partial charge in [-0.2, -0.15) is 0 Å². The number of aliphatic imine (C=N–C) groups is 1. The normalized spacial score (nSPS) is 14.7. The molecule has 4 nitrogen and oxygen atoms in total. The van der Waals surface area contributed by atoms with Gasteiger partial charge < -0.3 is 14.3 Å². The number of hydrogen-bond acceptors (Lipinski definition) is 3. The zero-order chi connectivity index (χ0) is 42.6. The van der Waals surface area contributed by atoms with Gasteiger partial charge in [-0.05, 0) is 98.4 Å². The number of fused-ring (bicyclic) bond motifs is 14. The van der Waals surface area contributed by atoms with Gasteiger partial charge in [0.1, 0.15) is 17.0 Å². The molecule has 1 unspecified atom stereocenters. The average Bonchev–Trinajstić information content (AvgIpc) is 3.92. The second-order valence-corrected chi connectivity index (χ2v) is 17.5. The van der Waals surface area contributed by atoms with Gasteiger partial charge in [-0.3, -0.25) is 0 Å². The molecule has 2 aromatic heterocycles. The van der Waals surface area contributed by atoms with E-state index in [0.29, 0.717) is 0 Å². The topological polar surface area (TPSA) is 42.5 Å². The quantitative estimate of drug-likeness (QED) is 0.192. The van der Waals surface area contributed by atoms with E-state index in [2.05, 4.69) is 216 Å². The lowest BCUT2D eigenvalue weighted by Crippen LogP contribution is -2.35. The van der Waals surface area contributed by atoms with E-state index in [1.54, 1.807) is 0 Å². The fourth-order valence-corrected chi connectivity index (χ4v) is 10.8. The molecule has 0 spiro atoms. The van der Waals surface area contributed by atoms with Crippen molar-refractivity contribution in [2.75, 3.05) is 0 Å². The second kappa shape index (κ2) is 14.0. The van der Waals surface area contributed by atoms with Gasteiger partial charge in [-0.1, -0.05) is 170 Å². The molecule has 0 saturated heterocycles. The Labute approximate surface area is 375 Å². The van der Waals surface area contributed by atoms with Gasteiger partial charge in [0.05, 0.1) is 28.5 Å². The van der Waals surface area contributed by atoms with Crippen molar-refractivity contribution in [3.63, 3.8) is 0 Å². The summed E-state index contributed by atoms with van der Waals surface area (Å²) in [5, 5.41) is 13.6. The van der Waals surface area contributed by atoms with Crippen molar-refractivity contribution in [2.45, 2.75) is 12.5 Å². The van der Waals surface area contributed by atoms with E-state index in [9.17, 15) is 0 Å². The number of furan rings is 1. The van der Waals surface area contributed by atoms with Crippen LogP contribution in [0.25, 0.3) is 98.9 Å². The van der Waals surface area contributed by atoms with E-state index in [1.807, 2.05) is 6.07 Å². The molecule has 0 saturated carbocycles. The molecule has 1 atom stereocenters. The third kappa shape index (κ3) is 5.60. The summed E-state index contributed by atoms with van der Waals surface area (Å²) < 4.78 is 8.97. The van der Waals surface area contributed by atoms with Crippen molar-refractivity contribution in [1.29, 1.82) is 0 Å². The summed E-state index contributed by atoms with van der Waals surface area (Å²) in [4.78, 5) is 5.59. The summed E-state index contributed by atoms with van der Waals surface area (Å²) in [5.41, 5.74) is 17.0. The van der Waals surface area contributed by atoms with Gasteiger partial charge in [-0.15, -0.1) is 0 Å². The standard InChI is InChI=1S/C61H39N3O/c1-2-12-38(13-3-1)40-23-26-41(27-24-40)58-53-32-37-22-30-46-52-36-51(43-29-31-48-47-17-9-11-21-56(47)65-57(48)35-43)45-16-6-7-18-49(45)60(52)64(55(46)33-37)54-20-10-8-19-50(54)59(53)63-61(62-58)44-28-25-39-14-4-5-15-42(39)34-44/h1-31,33-36,59H,32H2,(H,62,63). The van der Waals surface area contributed by atoms with Gasteiger partial charge in [-0.25, -0.2) is 4.99 Å². The van der Waals surface area contributed by atoms with Gasteiger partial charge in [0.15, 0.2) is 0 Å². The average molecular weight is 830 g/mol. The Bertz CT molecular complexity index is 4000. The minimum Gasteiger partial charge on any atom is -0.456 e. The van der Waals surface area contributed by atoms with Crippen molar-refractivity contribution in [2.24, 2.45) is 4.99 Å². The largest absolute Gasteiger partial charge is 0.456 e. The molecule has 12 aromatic rings. The summed E-state index contributed by atoms with van der Waals surface area (Å²) in [7, 11) is 0. The van der Waals surface area contributed by atoms with Gasteiger partial charge in [0.2, 0.25) is 0 Å². The number of amidine groups is 1. The van der Waals surface area contributed by atoms with E-state index >= 15 is 0 Å². The Morgan fingerprint density at radius 1 is 0.462 bits per heavy atom. The molecule has 2 aliphatic heterocycles. The molecule has 10 aromatic carbocycles. The van der Waals surface area contributed by atoms with Crippen LogP contribution in [-0.2, 0) is 6.42 Å². The zero-order valence-electron chi connectivity index (χ0n) is 35.3. The number of aromatic nitrogens is 1. The Kier molecular flexibility index (Phi) is 7.78. The minimum atomic E-state index is -0.170. The van der Waals surface area contributed by atoms with E-state index in [1.165, 1.54) is 76.7 Å². The summed E-state index contributed by atoms with van der Waals surface area (Å²) in [6.45, 7) is 0. The SMILES string of the molecule is c1ccc(-c2ccc(C3=C4Cc5ccc6c7cc(-c8ccc9c(c8)oc8ccccc89)c8ccccc8c7n(c6c5)-c5ccccc5C4NC(c4ccc5ccccc5c4)=N3)cc2)cc1. The molecule has 2 aliphatic rings. The van der Waals surface area contributed by atoms with E-state index in [4.69, 9.17) is 9.41 Å². The number of nitrogens with one attached hydrogen (secondary N) is 1. The molecular formula is C61H39N3O. The Balaban J connectivity index is 1.01. The monoisotopic (exact) mass is 829 g/mol. The third-order valence-electron chi connectivity index (χ3n) is 13.9. The van der Waals surface area contributed by atoms with Crippen molar-refractivity contribution in [3.05, 3.63) is 240 Å². The Morgan fingerprint density at radius 3 is 2.03 bits per heavy atom. The van der Waals surface area contributed by atoms with Crippen LogP contribution in [0.5, 0.6) is 0 Å². The van der Waals surface area contributed by atoms with Crippen molar-refractivity contribution in [1.82, 2.24) is 9.88 Å². The number of hydrogen-bond donors (Lipinski definition) is 1. The Hall–Kier alpha value is -8.47. The van der Waals surface area contributed by atoms with Crippen LogP contribution in [0.15, 0.2) is 227 Å². The maximum Gasteiger partial charge on any atom is 0.136 e. The molecule has 0 aliphatic carbocycles. The van der Waals surface area contributed by atoms with Crippen LogP contribution in [0, 0.1) is 0 Å². The highest BCUT2D eigenvalue weighted by molar-refractivity contribution is 6.22. The number of rotatable bonds is 4. The van der Waals surface area contributed by atoms with Crippen LogP contribution in [-0.4, -0.2) is 10.4 Å². The van der Waals surface area contributed by atoms with Crippen LogP contribution in [0.4, 0.5) is 0 Å². The van der Waals surface area contributed by atoms with Gasteiger partial charge in [0, 0.05) is 43.6 Å². The first-order chi connectivity index (χ1) is 32.2. The highest BCUT2D eigenvalue weighted by atomic mass is 16.3. The maximum absolute atomic E-state index is 6.43. The molecule has 0 radical (unpaired) electrons. The molecule has 14 rings (SSSR count). The fourth-order valence-electron chi connectivity index (χ4n) is 10.8. The highest BCUT2D eigenvalue weighted by Gasteiger charge is 2.32. The summed E-state index contributed by atoms with van der Waals surface area (Å²) in [6, 6.07) is 77.1. The van der Waals surface area contributed by atoms with Crippen molar-refractivity contribution in [3.8, 4) is 27.9 Å². The first-order valence-electron chi connectivity index (χ1n) is 22.4. The molecule has 4 heteroatoms. The van der Waals surface area contributed by atoms with E-state index < -0.39 is 0 Å². The van der Waals surface area contributed by atoms with E-state index in [-0.39, 0.29) is 6.04 Å². The lowest BCUT2D eigenvalue weighted by atomic mass is 9.87.